The Morgan fingerprint density at radius 1 is 1.03 bits per heavy atom. The largest absolute Gasteiger partial charge is 0.497 e. The van der Waals surface area contributed by atoms with Crippen molar-refractivity contribution in [3.8, 4) is 5.75 Å². The van der Waals surface area contributed by atoms with Gasteiger partial charge in [0.25, 0.3) is 0 Å². The maximum absolute atomic E-state index is 13.3. The standard InChI is InChI=1S/C31H53NO6Si/c1-20(2)39(21(3)4,22(5)6)38-28-23(7)36-29(33)27(32-30(34)37-31(8,9)10)14-12-13-25(28)19-24-15-17-26(35-11)18-16-24/h15-18,20-23,25,27-28H,12-14,19H2,1-11H3,(H,32,34)/t23-,25+,27-,28-/m0/s1. The minimum Gasteiger partial charge on any atom is -0.497 e. The van der Waals surface area contributed by atoms with Crippen molar-refractivity contribution in [2.75, 3.05) is 7.11 Å². The molecule has 1 aliphatic rings. The molecule has 8 heteroatoms. The number of esters is 1. The van der Waals surface area contributed by atoms with E-state index < -0.39 is 38.1 Å². The van der Waals surface area contributed by atoms with Gasteiger partial charge in [0, 0.05) is 0 Å². The smallest absolute Gasteiger partial charge is 0.408 e. The van der Waals surface area contributed by atoms with Crippen molar-refractivity contribution in [2.24, 2.45) is 5.92 Å². The lowest BCUT2D eigenvalue weighted by Crippen LogP contribution is -2.54. The molecule has 1 heterocycles. The van der Waals surface area contributed by atoms with Gasteiger partial charge in [0.05, 0.1) is 13.2 Å². The van der Waals surface area contributed by atoms with E-state index in [4.69, 9.17) is 18.6 Å². The summed E-state index contributed by atoms with van der Waals surface area (Å²) in [5, 5.41) is 2.75. The van der Waals surface area contributed by atoms with Crippen molar-refractivity contribution < 1.29 is 28.2 Å². The van der Waals surface area contributed by atoms with E-state index in [1.807, 2.05) is 19.1 Å². The number of amides is 1. The van der Waals surface area contributed by atoms with Crippen LogP contribution < -0.4 is 10.1 Å². The van der Waals surface area contributed by atoms with Crippen LogP contribution in [0.5, 0.6) is 5.75 Å². The number of carbonyl (C=O) groups excluding carboxylic acids is 2. The Hall–Kier alpha value is -2.06. The van der Waals surface area contributed by atoms with Crippen LogP contribution in [-0.4, -0.2) is 51.3 Å². The summed E-state index contributed by atoms with van der Waals surface area (Å²) in [5.41, 5.74) is 1.74. The van der Waals surface area contributed by atoms with E-state index >= 15 is 0 Å². The van der Waals surface area contributed by atoms with Gasteiger partial charge in [0.15, 0.2) is 0 Å². The van der Waals surface area contributed by atoms with E-state index in [1.165, 1.54) is 5.56 Å². The Balaban J connectivity index is 2.43. The summed E-state index contributed by atoms with van der Waals surface area (Å²) in [7, 11) is -0.609. The van der Waals surface area contributed by atoms with E-state index in [1.54, 1.807) is 27.9 Å². The molecule has 0 saturated carbocycles. The summed E-state index contributed by atoms with van der Waals surface area (Å²) >= 11 is 0. The number of methoxy groups -OCH3 is 1. The van der Waals surface area contributed by atoms with Crippen molar-refractivity contribution >= 4 is 20.4 Å². The van der Waals surface area contributed by atoms with E-state index in [9.17, 15) is 9.59 Å². The molecular weight excluding hydrogens is 510 g/mol. The van der Waals surface area contributed by atoms with Crippen LogP contribution in [0, 0.1) is 5.92 Å². The summed E-state index contributed by atoms with van der Waals surface area (Å²) < 4.78 is 24.2. The average Bonchev–Trinajstić information content (AvgIpc) is 2.86. The monoisotopic (exact) mass is 563 g/mol. The van der Waals surface area contributed by atoms with Gasteiger partial charge in [0.1, 0.15) is 23.5 Å². The van der Waals surface area contributed by atoms with Crippen LogP contribution in [0.25, 0.3) is 0 Å². The van der Waals surface area contributed by atoms with Crippen molar-refractivity contribution in [2.45, 2.75) is 135 Å². The number of ether oxygens (including phenoxy) is 3. The molecule has 0 spiro atoms. The number of carbonyl (C=O) groups is 2. The highest BCUT2D eigenvalue weighted by molar-refractivity contribution is 6.77. The zero-order chi connectivity index (χ0) is 29.5. The average molecular weight is 564 g/mol. The Morgan fingerprint density at radius 3 is 2.08 bits per heavy atom. The number of hydrogen-bond acceptors (Lipinski definition) is 6. The van der Waals surface area contributed by atoms with Crippen LogP contribution >= 0.6 is 0 Å². The molecule has 1 fully saturated rings. The third kappa shape index (κ3) is 8.97. The van der Waals surface area contributed by atoms with Crippen molar-refractivity contribution in [3.05, 3.63) is 29.8 Å². The van der Waals surface area contributed by atoms with Gasteiger partial charge in [-0.2, -0.15) is 0 Å². The molecule has 1 aliphatic heterocycles. The molecule has 0 aromatic heterocycles. The lowest BCUT2D eigenvalue weighted by molar-refractivity contribution is -0.156. The summed E-state index contributed by atoms with van der Waals surface area (Å²) in [6, 6.07) is 7.42. The topological polar surface area (TPSA) is 83.1 Å². The highest BCUT2D eigenvalue weighted by Gasteiger charge is 2.49. The SMILES string of the molecule is COc1ccc(C[C@H]2CCC[C@H](NC(=O)OC(C)(C)C)C(=O)O[C@@H](C)[C@@H]2O[Si](C(C)C)(C(C)C)C(C)C)cc1. The number of cyclic esters (lactones) is 1. The van der Waals surface area contributed by atoms with Crippen LogP contribution in [0.1, 0.15) is 94.1 Å². The molecule has 4 atom stereocenters. The van der Waals surface area contributed by atoms with Crippen LogP contribution in [0.3, 0.4) is 0 Å². The second-order valence-corrected chi connectivity index (χ2v) is 18.4. The highest BCUT2D eigenvalue weighted by atomic mass is 28.4. The predicted octanol–water partition coefficient (Wildman–Crippen LogP) is 7.42. The first kappa shape index (κ1) is 33.1. The second kappa shape index (κ2) is 14.0. The normalized spacial score (nSPS) is 23.2. The summed E-state index contributed by atoms with van der Waals surface area (Å²) in [6.45, 7) is 21.0. The highest BCUT2D eigenvalue weighted by Crippen LogP contribution is 2.45. The molecule has 1 N–H and O–H groups in total. The minimum absolute atomic E-state index is 0.143. The first-order valence-electron chi connectivity index (χ1n) is 14.6. The van der Waals surface area contributed by atoms with Gasteiger partial charge in [0.2, 0.25) is 8.32 Å². The third-order valence-corrected chi connectivity index (χ3v) is 14.1. The molecule has 0 unspecified atom stereocenters. The number of hydrogen-bond donors (Lipinski definition) is 1. The lowest BCUT2D eigenvalue weighted by atomic mass is 9.87. The molecule has 2 rings (SSSR count). The van der Waals surface area contributed by atoms with E-state index in [-0.39, 0.29) is 12.0 Å². The zero-order valence-corrected chi connectivity index (χ0v) is 27.1. The maximum Gasteiger partial charge on any atom is 0.408 e. The maximum atomic E-state index is 13.3. The van der Waals surface area contributed by atoms with Crippen LogP contribution in [0.4, 0.5) is 4.79 Å². The molecule has 1 saturated heterocycles. The van der Waals surface area contributed by atoms with E-state index in [0.29, 0.717) is 23.0 Å². The van der Waals surface area contributed by atoms with Gasteiger partial charge in [-0.3, -0.25) is 0 Å². The molecule has 1 amide bonds. The molecule has 222 valence electrons. The molecular formula is C31H53NO6Si. The fraction of sp³-hybridized carbons (Fsp3) is 0.742. The molecule has 1 aromatic carbocycles. The van der Waals surface area contributed by atoms with Crippen LogP contribution in [0.15, 0.2) is 24.3 Å². The Bertz CT molecular complexity index is 902. The Labute approximate surface area is 237 Å². The third-order valence-electron chi connectivity index (χ3n) is 7.98. The van der Waals surface area contributed by atoms with Gasteiger partial charge >= 0.3 is 12.1 Å². The molecule has 0 bridgehead atoms. The lowest BCUT2D eigenvalue weighted by Gasteiger charge is -2.47. The number of alkyl carbamates (subject to hydrolysis) is 1. The van der Waals surface area contributed by atoms with Crippen LogP contribution in [0.2, 0.25) is 16.6 Å². The molecule has 0 radical (unpaired) electrons. The number of benzene rings is 1. The predicted molar refractivity (Wildman–Crippen MR) is 159 cm³/mol. The van der Waals surface area contributed by atoms with E-state index in [2.05, 4.69) is 59.0 Å². The molecule has 0 aliphatic carbocycles. The summed E-state index contributed by atoms with van der Waals surface area (Å²) in [5.74, 6) is 0.535. The van der Waals surface area contributed by atoms with Gasteiger partial charge in [-0.1, -0.05) is 60.1 Å². The van der Waals surface area contributed by atoms with Gasteiger partial charge in [-0.15, -0.1) is 0 Å². The van der Waals surface area contributed by atoms with E-state index in [0.717, 1.165) is 25.0 Å². The molecule has 39 heavy (non-hydrogen) atoms. The van der Waals surface area contributed by atoms with Crippen molar-refractivity contribution in [1.29, 1.82) is 0 Å². The Morgan fingerprint density at radius 2 is 1.59 bits per heavy atom. The van der Waals surface area contributed by atoms with Gasteiger partial charge < -0.3 is 24.0 Å². The van der Waals surface area contributed by atoms with Crippen molar-refractivity contribution in [3.63, 3.8) is 0 Å². The second-order valence-electron chi connectivity index (χ2n) is 13.0. The van der Waals surface area contributed by atoms with Gasteiger partial charge in [-0.25, -0.2) is 9.59 Å². The quantitative estimate of drug-likeness (QED) is 0.249. The van der Waals surface area contributed by atoms with Crippen LogP contribution in [-0.2, 0) is 25.1 Å². The zero-order valence-electron chi connectivity index (χ0n) is 26.1. The molecule has 1 aromatic rings. The summed E-state index contributed by atoms with van der Waals surface area (Å²) in [6.07, 6.45) is 1.56. The summed E-state index contributed by atoms with van der Waals surface area (Å²) in [4.78, 5) is 25.8. The van der Waals surface area contributed by atoms with Crippen molar-refractivity contribution in [1.82, 2.24) is 5.32 Å². The number of nitrogens with one attached hydrogen (secondary N) is 1. The number of rotatable bonds is 9. The molecule has 7 nitrogen and oxygen atoms in total. The fourth-order valence-corrected chi connectivity index (χ4v) is 12.0. The fourth-order valence-electron chi connectivity index (χ4n) is 6.28. The van der Waals surface area contributed by atoms with Gasteiger partial charge in [-0.05, 0) is 87.2 Å². The first-order chi connectivity index (χ1) is 18.1. The first-order valence-corrected chi connectivity index (χ1v) is 16.7. The Kier molecular flexibility index (Phi) is 11.9. The minimum atomic E-state index is -2.28.